The fraction of sp³-hybridized carbons (Fsp3) is 0.486. The molecule has 0 N–H and O–H groups in total. The average molecular weight is 664 g/mol. The highest BCUT2D eigenvalue weighted by molar-refractivity contribution is 6.36. The molecule has 3 aliphatic rings. The molecule has 12 heteroatoms. The highest BCUT2D eigenvalue weighted by Gasteiger charge is 2.48. The lowest BCUT2D eigenvalue weighted by atomic mass is 9.76. The van der Waals surface area contributed by atoms with Gasteiger partial charge in [0, 0.05) is 68.2 Å². The molecule has 0 spiro atoms. The number of rotatable bonds is 10. The van der Waals surface area contributed by atoms with E-state index < -0.39 is 5.92 Å². The first-order valence-corrected chi connectivity index (χ1v) is 16.5. The summed E-state index contributed by atoms with van der Waals surface area (Å²) in [5, 5.41) is 2.75. The smallest absolute Gasteiger partial charge is 0.318 e. The van der Waals surface area contributed by atoms with Crippen molar-refractivity contribution in [2.75, 3.05) is 62.7 Å². The molecule has 3 heterocycles. The van der Waals surface area contributed by atoms with E-state index in [-0.39, 0.29) is 49.3 Å². The quantitative estimate of drug-likeness (QED) is 0.203. The summed E-state index contributed by atoms with van der Waals surface area (Å²) in [6.45, 7) is 16.9. The van der Waals surface area contributed by atoms with Gasteiger partial charge in [0.15, 0.2) is 0 Å². The number of carbonyl (C=O) groups excluding carboxylic acids is 1. The van der Waals surface area contributed by atoms with Gasteiger partial charge in [0.25, 0.3) is 0 Å². The van der Waals surface area contributed by atoms with Gasteiger partial charge in [-0.15, -0.1) is 0 Å². The molecule has 47 heavy (non-hydrogen) atoms. The first-order chi connectivity index (χ1) is 22.6. The number of ether oxygens (including phenoxy) is 1. The van der Waals surface area contributed by atoms with Crippen LogP contribution in [0.4, 0.5) is 20.3 Å². The fourth-order valence-electron chi connectivity index (χ4n) is 7.07. The lowest BCUT2D eigenvalue weighted by Gasteiger charge is -2.42. The summed E-state index contributed by atoms with van der Waals surface area (Å²) in [6, 6.07) is 12.0. The summed E-state index contributed by atoms with van der Waals surface area (Å²) in [7, 11) is 1.93. The molecule has 2 fully saturated rings. The normalized spacial score (nSPS) is 20.0. The van der Waals surface area contributed by atoms with Crippen molar-refractivity contribution >= 4 is 39.8 Å². The number of amides is 1. The SMILES string of the molecule is [C-]#[N+]C[C@H]1CN(c2nc(OCCN(C)[C@@H](C)C3CC(F)(F)C3)nc3c2CCN(c2cccc4cccc(Cl)c24)C3)CCN1C(=O)C=C. The predicted octanol–water partition coefficient (Wildman–Crippen LogP) is 5.71. The van der Waals surface area contributed by atoms with Crippen LogP contribution in [0.25, 0.3) is 15.6 Å². The molecule has 248 valence electrons. The number of hydrogen-bond donors (Lipinski definition) is 0. The molecular weight excluding hydrogens is 624 g/mol. The number of hydrogen-bond acceptors (Lipinski definition) is 7. The first kappa shape index (κ1) is 32.9. The minimum atomic E-state index is -2.55. The molecule has 1 saturated heterocycles. The lowest BCUT2D eigenvalue weighted by molar-refractivity contribution is -0.128. The van der Waals surface area contributed by atoms with Crippen molar-refractivity contribution in [2.24, 2.45) is 5.92 Å². The van der Waals surface area contributed by atoms with Gasteiger partial charge in [-0.05, 0) is 49.9 Å². The molecule has 0 bridgehead atoms. The molecule has 1 saturated carbocycles. The maximum absolute atomic E-state index is 13.5. The van der Waals surface area contributed by atoms with Crippen molar-refractivity contribution in [3.63, 3.8) is 0 Å². The van der Waals surface area contributed by atoms with E-state index in [2.05, 4.69) is 44.3 Å². The van der Waals surface area contributed by atoms with Gasteiger partial charge in [-0.2, -0.15) is 9.97 Å². The molecule has 1 aromatic heterocycles. The van der Waals surface area contributed by atoms with Gasteiger partial charge < -0.3 is 29.2 Å². The van der Waals surface area contributed by atoms with Crippen molar-refractivity contribution < 1.29 is 18.3 Å². The Morgan fingerprint density at radius 1 is 1.21 bits per heavy atom. The number of benzene rings is 2. The van der Waals surface area contributed by atoms with E-state index in [9.17, 15) is 13.6 Å². The van der Waals surface area contributed by atoms with Crippen molar-refractivity contribution in [2.45, 2.75) is 50.7 Å². The number of alkyl halides is 2. The molecule has 3 aromatic rings. The van der Waals surface area contributed by atoms with Gasteiger partial charge in [-0.3, -0.25) is 4.79 Å². The van der Waals surface area contributed by atoms with Gasteiger partial charge in [0.05, 0.1) is 17.3 Å². The number of piperazine rings is 1. The number of halogens is 3. The Balaban J connectivity index is 1.27. The molecule has 0 unspecified atom stereocenters. The topological polar surface area (TPSA) is 69.4 Å². The minimum Gasteiger partial charge on any atom is -0.462 e. The molecular formula is C35H40ClF2N7O2. The maximum Gasteiger partial charge on any atom is 0.318 e. The third-order valence-electron chi connectivity index (χ3n) is 9.91. The van der Waals surface area contributed by atoms with Crippen LogP contribution in [0.3, 0.4) is 0 Å². The van der Waals surface area contributed by atoms with Crippen LogP contribution in [0.1, 0.15) is 31.0 Å². The molecule has 2 atom stereocenters. The van der Waals surface area contributed by atoms with E-state index in [0.29, 0.717) is 50.8 Å². The Labute approximate surface area is 279 Å². The van der Waals surface area contributed by atoms with Crippen LogP contribution in [0.5, 0.6) is 6.01 Å². The summed E-state index contributed by atoms with van der Waals surface area (Å²) in [5.74, 6) is -2.00. The zero-order valence-corrected chi connectivity index (χ0v) is 27.6. The van der Waals surface area contributed by atoms with Crippen LogP contribution in [0, 0.1) is 12.5 Å². The van der Waals surface area contributed by atoms with Crippen molar-refractivity contribution in [3.8, 4) is 6.01 Å². The number of aromatic nitrogens is 2. The average Bonchev–Trinajstić information content (AvgIpc) is 3.05. The Morgan fingerprint density at radius 2 is 1.98 bits per heavy atom. The van der Waals surface area contributed by atoms with Gasteiger partial charge in [0.1, 0.15) is 18.5 Å². The van der Waals surface area contributed by atoms with Crippen molar-refractivity contribution in [1.82, 2.24) is 19.8 Å². The predicted molar refractivity (Wildman–Crippen MR) is 180 cm³/mol. The fourth-order valence-corrected chi connectivity index (χ4v) is 7.35. The third kappa shape index (κ3) is 6.85. The van der Waals surface area contributed by atoms with E-state index in [4.69, 9.17) is 32.9 Å². The Hall–Kier alpha value is -4.01. The number of fused-ring (bicyclic) bond motifs is 2. The van der Waals surface area contributed by atoms with Gasteiger partial charge in [-0.25, -0.2) is 15.4 Å². The Bertz CT molecular complexity index is 1690. The van der Waals surface area contributed by atoms with Gasteiger partial charge in [0.2, 0.25) is 18.4 Å². The maximum atomic E-state index is 13.5. The summed E-state index contributed by atoms with van der Waals surface area (Å²) in [5.41, 5.74) is 2.92. The summed E-state index contributed by atoms with van der Waals surface area (Å²) in [4.78, 5) is 34.2. The first-order valence-electron chi connectivity index (χ1n) is 16.1. The summed E-state index contributed by atoms with van der Waals surface area (Å²) < 4.78 is 33.1. The molecule has 6 rings (SSSR count). The third-order valence-corrected chi connectivity index (χ3v) is 10.2. The molecule has 2 aliphatic heterocycles. The summed E-state index contributed by atoms with van der Waals surface area (Å²) >= 11 is 6.69. The van der Waals surface area contributed by atoms with Crippen LogP contribution in [-0.2, 0) is 17.8 Å². The largest absolute Gasteiger partial charge is 0.462 e. The molecule has 2 aromatic carbocycles. The van der Waals surface area contributed by atoms with Crippen LogP contribution < -0.4 is 14.5 Å². The molecule has 1 aliphatic carbocycles. The van der Waals surface area contributed by atoms with Crippen molar-refractivity contribution in [1.29, 1.82) is 0 Å². The second-order valence-electron chi connectivity index (χ2n) is 12.8. The highest BCUT2D eigenvalue weighted by atomic mass is 35.5. The summed E-state index contributed by atoms with van der Waals surface area (Å²) in [6.07, 6.45) is 1.84. The molecule has 1 amide bonds. The molecule has 0 radical (unpaired) electrons. The second kappa shape index (κ2) is 13.6. The van der Waals surface area contributed by atoms with E-state index in [1.165, 1.54) is 6.08 Å². The van der Waals surface area contributed by atoms with Crippen molar-refractivity contribution in [3.05, 3.63) is 76.8 Å². The van der Waals surface area contributed by atoms with Crippen LogP contribution in [-0.4, -0.2) is 96.6 Å². The Morgan fingerprint density at radius 3 is 2.70 bits per heavy atom. The molecule has 9 nitrogen and oxygen atoms in total. The van der Waals surface area contributed by atoms with Crippen LogP contribution >= 0.6 is 11.6 Å². The number of anilines is 2. The van der Waals surface area contributed by atoms with E-state index in [0.717, 1.165) is 40.1 Å². The highest BCUT2D eigenvalue weighted by Crippen LogP contribution is 2.45. The number of carbonyl (C=O) groups is 1. The Kier molecular flexibility index (Phi) is 9.53. The second-order valence-corrected chi connectivity index (χ2v) is 13.2. The lowest BCUT2D eigenvalue weighted by Crippen LogP contribution is -2.56. The zero-order chi connectivity index (χ0) is 33.3. The van der Waals surface area contributed by atoms with Gasteiger partial charge in [-0.1, -0.05) is 42.4 Å². The monoisotopic (exact) mass is 663 g/mol. The van der Waals surface area contributed by atoms with E-state index >= 15 is 0 Å². The number of nitrogens with zero attached hydrogens (tertiary/aromatic N) is 7. The van der Waals surface area contributed by atoms with Crippen LogP contribution in [0.15, 0.2) is 49.1 Å². The number of likely N-dealkylation sites (N-methyl/N-ethyl adjacent to an activating group) is 1. The zero-order valence-electron chi connectivity index (χ0n) is 26.8. The minimum absolute atomic E-state index is 0.00766. The van der Waals surface area contributed by atoms with E-state index in [1.54, 1.807) is 4.90 Å². The van der Waals surface area contributed by atoms with Gasteiger partial charge >= 0.3 is 6.01 Å². The van der Waals surface area contributed by atoms with Crippen LogP contribution in [0.2, 0.25) is 5.02 Å². The van der Waals surface area contributed by atoms with E-state index in [1.807, 2.05) is 32.2 Å². The standard InChI is InChI=1S/C35H40ClF2N7O2/c1-5-31(46)45-15-14-44(21-26(45)20-39-3)33-27-12-13-43(30-11-7-9-24-8-6-10-28(36)32(24)30)22-29(27)40-34(41-33)47-17-16-42(4)23(2)25-18-35(37,38)19-25/h5-11,23,25-26H,1,12-22H2,2,4H3/t23-,26-/m0/s1.